The first-order valence-electron chi connectivity index (χ1n) is 5.86. The zero-order valence-corrected chi connectivity index (χ0v) is 10.7. The maximum atomic E-state index is 11.3. The molecule has 2 saturated heterocycles. The highest BCUT2D eigenvalue weighted by Crippen LogP contribution is 2.18. The van der Waals surface area contributed by atoms with E-state index in [2.05, 4.69) is 12.2 Å². The van der Waals surface area contributed by atoms with E-state index >= 15 is 0 Å². The van der Waals surface area contributed by atoms with Gasteiger partial charge in [-0.3, -0.25) is 9.79 Å². The first-order chi connectivity index (χ1) is 7.65. The van der Waals surface area contributed by atoms with Crippen LogP contribution < -0.4 is 5.32 Å². The predicted octanol–water partition coefficient (Wildman–Crippen LogP) is 1.08. The van der Waals surface area contributed by atoms with Crippen LogP contribution in [0.4, 0.5) is 0 Å². The second-order valence-electron chi connectivity index (χ2n) is 4.58. The number of likely N-dealkylation sites (tertiary alicyclic amines) is 1. The van der Waals surface area contributed by atoms with Gasteiger partial charge in [0.05, 0.1) is 6.04 Å². The molecule has 2 heterocycles. The molecule has 90 valence electrons. The van der Waals surface area contributed by atoms with E-state index in [0.29, 0.717) is 12.5 Å². The van der Waals surface area contributed by atoms with Crippen LogP contribution in [0.1, 0.15) is 26.2 Å². The van der Waals surface area contributed by atoms with Crippen LogP contribution in [-0.4, -0.2) is 47.4 Å². The summed E-state index contributed by atoms with van der Waals surface area (Å²) in [7, 11) is 1.86. The molecule has 2 atom stereocenters. The molecule has 2 aliphatic rings. The molecule has 2 unspecified atom stereocenters. The molecule has 0 bridgehead atoms. The van der Waals surface area contributed by atoms with Crippen molar-refractivity contribution in [2.24, 2.45) is 4.99 Å². The molecule has 0 aliphatic carbocycles. The van der Waals surface area contributed by atoms with E-state index in [1.54, 1.807) is 16.7 Å². The average Bonchev–Trinajstić information content (AvgIpc) is 2.24. The predicted molar refractivity (Wildman–Crippen MR) is 67.8 cm³/mol. The van der Waals surface area contributed by atoms with Gasteiger partial charge >= 0.3 is 0 Å². The van der Waals surface area contributed by atoms with E-state index in [9.17, 15) is 4.79 Å². The van der Waals surface area contributed by atoms with Crippen molar-refractivity contribution in [3.05, 3.63) is 0 Å². The normalized spacial score (nSPS) is 34.0. The maximum Gasteiger partial charge on any atom is 0.222 e. The number of carbonyl (C=O) groups excluding carboxylic acids is 1. The van der Waals surface area contributed by atoms with E-state index < -0.39 is 0 Å². The lowest BCUT2D eigenvalue weighted by Gasteiger charge is -2.29. The average molecular weight is 241 g/mol. The van der Waals surface area contributed by atoms with Crippen LogP contribution in [0.5, 0.6) is 0 Å². The highest BCUT2D eigenvalue weighted by atomic mass is 32.2. The lowest BCUT2D eigenvalue weighted by molar-refractivity contribution is -0.132. The summed E-state index contributed by atoms with van der Waals surface area (Å²) < 4.78 is 0. The Morgan fingerprint density at radius 1 is 1.50 bits per heavy atom. The molecule has 0 aromatic heterocycles. The van der Waals surface area contributed by atoms with Crippen molar-refractivity contribution >= 4 is 22.8 Å². The molecule has 1 N–H and O–H groups in total. The third-order valence-corrected chi connectivity index (χ3v) is 4.00. The van der Waals surface area contributed by atoms with Gasteiger partial charge in [0, 0.05) is 31.8 Å². The lowest BCUT2D eigenvalue weighted by atomic mass is 10.1. The van der Waals surface area contributed by atoms with Gasteiger partial charge in [-0.05, 0) is 19.8 Å². The molecule has 0 aromatic rings. The number of nitrogens with one attached hydrogen (secondary N) is 1. The van der Waals surface area contributed by atoms with Gasteiger partial charge < -0.3 is 10.2 Å². The molecule has 0 aromatic carbocycles. The number of hydrogen-bond donors (Lipinski definition) is 1. The van der Waals surface area contributed by atoms with Crippen molar-refractivity contribution in [2.75, 3.05) is 19.3 Å². The van der Waals surface area contributed by atoms with E-state index in [1.807, 2.05) is 7.05 Å². The molecular formula is C11H19N3OS. The summed E-state index contributed by atoms with van der Waals surface area (Å²) >= 11 is 1.80. The van der Waals surface area contributed by atoms with Crippen LogP contribution in [0.25, 0.3) is 0 Å². The molecule has 4 nitrogen and oxygen atoms in total. The van der Waals surface area contributed by atoms with Gasteiger partial charge in [-0.15, -0.1) is 0 Å². The van der Waals surface area contributed by atoms with Crippen LogP contribution in [0, 0.1) is 0 Å². The van der Waals surface area contributed by atoms with Crippen molar-refractivity contribution in [2.45, 2.75) is 38.3 Å². The molecule has 0 radical (unpaired) electrons. The minimum atomic E-state index is 0.245. The van der Waals surface area contributed by atoms with Crippen LogP contribution in [0.15, 0.2) is 4.99 Å². The standard InChI is InChI=1S/C11H19N3OS/c1-8-5-6-16-11(12-8)13-9-3-4-10(15)14(2)7-9/h8-9H,3-7H2,1-2H3,(H,12,13). The summed E-state index contributed by atoms with van der Waals surface area (Å²) in [6, 6.07) is 0.811. The van der Waals surface area contributed by atoms with E-state index in [4.69, 9.17) is 4.99 Å². The Balaban J connectivity index is 1.93. The van der Waals surface area contributed by atoms with Gasteiger partial charge in [0.1, 0.15) is 0 Å². The van der Waals surface area contributed by atoms with E-state index in [0.717, 1.165) is 23.9 Å². The maximum absolute atomic E-state index is 11.3. The summed E-state index contributed by atoms with van der Waals surface area (Å²) in [5, 5.41) is 4.46. The Kier molecular flexibility index (Phi) is 3.74. The number of likely N-dealkylation sites (N-methyl/N-ethyl adjacent to an activating group) is 1. The highest BCUT2D eigenvalue weighted by molar-refractivity contribution is 8.13. The molecular weight excluding hydrogens is 222 g/mol. The zero-order chi connectivity index (χ0) is 11.5. The van der Waals surface area contributed by atoms with E-state index in [1.165, 1.54) is 6.42 Å². The largest absolute Gasteiger partial charge is 0.362 e. The number of piperidine rings is 1. The summed E-state index contributed by atoms with van der Waals surface area (Å²) in [5.74, 6) is 1.39. The molecule has 5 heteroatoms. The van der Waals surface area contributed by atoms with Crippen LogP contribution >= 0.6 is 11.8 Å². The summed E-state index contributed by atoms with van der Waals surface area (Å²) in [5.41, 5.74) is 0. The van der Waals surface area contributed by atoms with Crippen LogP contribution in [0.3, 0.4) is 0 Å². The zero-order valence-electron chi connectivity index (χ0n) is 9.90. The fourth-order valence-electron chi connectivity index (χ4n) is 1.99. The van der Waals surface area contributed by atoms with E-state index in [-0.39, 0.29) is 11.9 Å². The smallest absolute Gasteiger partial charge is 0.222 e. The number of nitrogens with zero attached hydrogens (tertiary/aromatic N) is 2. The van der Waals surface area contributed by atoms with Crippen molar-refractivity contribution < 1.29 is 4.79 Å². The van der Waals surface area contributed by atoms with Crippen molar-refractivity contribution in [1.82, 2.24) is 10.2 Å². The Bertz CT molecular complexity index is 306. The third-order valence-electron chi connectivity index (χ3n) is 3.06. The van der Waals surface area contributed by atoms with Gasteiger partial charge in [0.2, 0.25) is 5.91 Å². The van der Waals surface area contributed by atoms with Crippen molar-refractivity contribution in [3.8, 4) is 0 Å². The number of carbonyl (C=O) groups is 1. The second kappa shape index (κ2) is 5.08. The number of amides is 1. The summed E-state index contributed by atoms with van der Waals surface area (Å²) in [6.45, 7) is 2.95. The number of thioether (sulfide) groups is 1. The Hall–Kier alpha value is -0.710. The SMILES string of the molecule is CC1CCSC(=NC2CCC(=O)N(C)C2)N1. The summed E-state index contributed by atoms with van der Waals surface area (Å²) in [4.78, 5) is 17.8. The number of aliphatic imine (C=N–C) groups is 1. The molecule has 16 heavy (non-hydrogen) atoms. The second-order valence-corrected chi connectivity index (χ2v) is 5.67. The fraction of sp³-hybridized carbons (Fsp3) is 0.818. The fourth-order valence-corrected chi connectivity index (χ4v) is 3.17. The first-order valence-corrected chi connectivity index (χ1v) is 6.85. The highest BCUT2D eigenvalue weighted by Gasteiger charge is 2.23. The quantitative estimate of drug-likeness (QED) is 0.747. The van der Waals surface area contributed by atoms with Crippen molar-refractivity contribution in [3.63, 3.8) is 0 Å². The number of amidine groups is 1. The van der Waals surface area contributed by atoms with Crippen molar-refractivity contribution in [1.29, 1.82) is 0 Å². The molecule has 2 rings (SSSR count). The molecule has 0 saturated carbocycles. The van der Waals surface area contributed by atoms with Gasteiger partial charge in [-0.1, -0.05) is 11.8 Å². The molecule has 0 spiro atoms. The van der Waals surface area contributed by atoms with Gasteiger partial charge in [0.25, 0.3) is 0 Å². The monoisotopic (exact) mass is 241 g/mol. The van der Waals surface area contributed by atoms with Crippen LogP contribution in [0.2, 0.25) is 0 Å². The minimum Gasteiger partial charge on any atom is -0.362 e. The number of hydrogen-bond acceptors (Lipinski definition) is 3. The lowest BCUT2D eigenvalue weighted by Crippen LogP contribution is -2.41. The summed E-state index contributed by atoms with van der Waals surface area (Å²) in [6.07, 6.45) is 2.73. The number of rotatable bonds is 1. The van der Waals surface area contributed by atoms with Crippen LogP contribution in [-0.2, 0) is 4.79 Å². The van der Waals surface area contributed by atoms with Gasteiger partial charge in [-0.2, -0.15) is 0 Å². The third kappa shape index (κ3) is 2.90. The Labute approximate surface area is 101 Å². The topological polar surface area (TPSA) is 44.7 Å². The Morgan fingerprint density at radius 2 is 2.31 bits per heavy atom. The minimum absolute atomic E-state index is 0.245. The Morgan fingerprint density at radius 3 is 3.00 bits per heavy atom. The van der Waals surface area contributed by atoms with Gasteiger partial charge in [0.15, 0.2) is 5.17 Å². The molecule has 2 aliphatic heterocycles. The molecule has 1 amide bonds. The first kappa shape index (κ1) is 11.8. The van der Waals surface area contributed by atoms with Gasteiger partial charge in [-0.25, -0.2) is 0 Å². The molecule has 2 fully saturated rings.